The Morgan fingerprint density at radius 3 is 2.66 bits per heavy atom. The standard InChI is InChI=1S/C35H31F2N11O2/c1-19-40-27-8-4-6-23-26-7-5-9-30(42-26)41-21-13-29(35(49)45(2)17-22(50-3)18-46(19)32(23)27)47(16-21)33-24-15-39-48(34(24)44-31(14-38)43-33)28-11-10-20(36)12-25(28)37/h4-12,15,21-22,29H,13,16-18H2,1-3H3,(H,41,42)/t21-,22?,29-/m0/s1. The average Bonchev–Trinajstić information content (AvgIpc) is 3.82. The minimum Gasteiger partial charge on any atom is -0.378 e. The first-order valence-corrected chi connectivity index (χ1v) is 16.1. The number of methoxy groups -OCH3 is 1. The number of likely N-dealkylation sites (N-methyl/N-ethyl adjacent to an activating group) is 1. The summed E-state index contributed by atoms with van der Waals surface area (Å²) in [6, 6.07) is 15.9. The fourth-order valence-corrected chi connectivity index (χ4v) is 7.07. The number of hydrogen-bond acceptors (Lipinski definition) is 10. The van der Waals surface area contributed by atoms with Gasteiger partial charge in [-0.1, -0.05) is 18.2 Å². The van der Waals surface area contributed by atoms with E-state index in [1.807, 2.05) is 54.3 Å². The Hall–Kier alpha value is -6.01. The van der Waals surface area contributed by atoms with E-state index in [-0.39, 0.29) is 41.8 Å². The topological polar surface area (TPSA) is 143 Å². The number of hydrogen-bond donors (Lipinski definition) is 1. The zero-order valence-corrected chi connectivity index (χ0v) is 27.4. The van der Waals surface area contributed by atoms with Gasteiger partial charge in [-0.2, -0.15) is 15.3 Å². The van der Waals surface area contributed by atoms with Crippen LogP contribution in [-0.4, -0.2) is 90.5 Å². The first kappa shape index (κ1) is 31.3. The van der Waals surface area contributed by atoms with Gasteiger partial charge in [0.2, 0.25) is 11.7 Å². The van der Waals surface area contributed by atoms with Crippen molar-refractivity contribution >= 4 is 39.6 Å². The summed E-state index contributed by atoms with van der Waals surface area (Å²) in [5.74, 6) is -0.215. The molecule has 8 rings (SSSR count). The van der Waals surface area contributed by atoms with Gasteiger partial charge in [0.25, 0.3) is 0 Å². The molecule has 2 aliphatic heterocycles. The fourth-order valence-electron chi connectivity index (χ4n) is 7.07. The van der Waals surface area contributed by atoms with Crippen molar-refractivity contribution in [2.45, 2.75) is 38.1 Å². The molecule has 1 amide bonds. The number of para-hydroxylation sites is 1. The van der Waals surface area contributed by atoms with Crippen LogP contribution in [0, 0.1) is 29.9 Å². The van der Waals surface area contributed by atoms with Crippen LogP contribution in [-0.2, 0) is 16.1 Å². The molecule has 1 N–H and O–H groups in total. The predicted molar refractivity (Wildman–Crippen MR) is 181 cm³/mol. The third kappa shape index (κ3) is 5.24. The van der Waals surface area contributed by atoms with Gasteiger partial charge < -0.3 is 24.4 Å². The number of ether oxygens (including phenoxy) is 1. The van der Waals surface area contributed by atoms with E-state index in [0.717, 1.165) is 40.2 Å². The molecule has 6 heterocycles. The molecule has 0 spiro atoms. The van der Waals surface area contributed by atoms with E-state index >= 15 is 0 Å². The van der Waals surface area contributed by atoms with E-state index in [0.29, 0.717) is 36.5 Å². The number of amides is 1. The van der Waals surface area contributed by atoms with Crippen LogP contribution in [0.25, 0.3) is 39.0 Å². The Morgan fingerprint density at radius 2 is 1.86 bits per heavy atom. The molecule has 15 heteroatoms. The SMILES string of the molecule is COC1CN(C)C(=O)[C@@H]2C[C@@H](CN2c2nc(C#N)nc3c2cnn3-c2ccc(F)cc2F)Nc2cccc(n2)-c2cccc3nc(C)n(c23)C1. The number of anilines is 2. The maximum Gasteiger partial charge on any atom is 0.245 e. The van der Waals surface area contributed by atoms with E-state index < -0.39 is 17.7 Å². The van der Waals surface area contributed by atoms with Crippen LogP contribution in [0.15, 0.2) is 60.8 Å². The Morgan fingerprint density at radius 1 is 1.02 bits per heavy atom. The first-order chi connectivity index (χ1) is 24.2. The van der Waals surface area contributed by atoms with Crippen LogP contribution < -0.4 is 10.2 Å². The lowest BCUT2D eigenvalue weighted by molar-refractivity contribution is -0.132. The molecule has 1 fully saturated rings. The molecular weight excluding hydrogens is 644 g/mol. The van der Waals surface area contributed by atoms with Gasteiger partial charge in [0, 0.05) is 44.9 Å². The lowest BCUT2D eigenvalue weighted by Gasteiger charge is -2.31. The number of nitrogens with zero attached hydrogens (tertiary/aromatic N) is 10. The van der Waals surface area contributed by atoms with E-state index in [2.05, 4.69) is 25.0 Å². The summed E-state index contributed by atoms with van der Waals surface area (Å²) in [4.78, 5) is 36.6. The minimum absolute atomic E-state index is 0.0479. The molecule has 0 aliphatic carbocycles. The normalized spacial score (nSPS) is 19.4. The third-order valence-corrected chi connectivity index (χ3v) is 9.41. The van der Waals surface area contributed by atoms with E-state index in [1.165, 1.54) is 16.9 Å². The summed E-state index contributed by atoms with van der Waals surface area (Å²) < 4.78 is 37.9. The highest BCUT2D eigenvalue weighted by molar-refractivity contribution is 5.94. The maximum atomic E-state index is 14.9. The molecular formula is C35H31F2N11O2. The number of imidazole rings is 1. The van der Waals surface area contributed by atoms with Gasteiger partial charge in [-0.25, -0.2) is 28.4 Å². The second kappa shape index (κ2) is 12.1. The molecule has 1 saturated heterocycles. The van der Waals surface area contributed by atoms with Crippen molar-refractivity contribution in [3.63, 3.8) is 0 Å². The Bertz CT molecular complexity index is 2350. The van der Waals surface area contributed by atoms with E-state index in [9.17, 15) is 18.8 Å². The van der Waals surface area contributed by atoms with Crippen molar-refractivity contribution in [3.8, 4) is 23.0 Å². The molecule has 50 heavy (non-hydrogen) atoms. The first-order valence-electron chi connectivity index (χ1n) is 16.1. The Balaban J connectivity index is 1.25. The van der Waals surface area contributed by atoms with E-state index in [4.69, 9.17) is 14.7 Å². The van der Waals surface area contributed by atoms with Crippen LogP contribution in [0.4, 0.5) is 20.4 Å². The molecule has 0 saturated carbocycles. The molecule has 3 atom stereocenters. The van der Waals surface area contributed by atoms with Crippen molar-refractivity contribution in [1.82, 2.24) is 39.2 Å². The molecule has 4 aromatic heterocycles. The number of benzene rings is 2. The van der Waals surface area contributed by atoms with Gasteiger partial charge in [0.15, 0.2) is 11.5 Å². The lowest BCUT2D eigenvalue weighted by atomic mass is 10.1. The molecule has 252 valence electrons. The zero-order valence-electron chi connectivity index (χ0n) is 27.4. The van der Waals surface area contributed by atoms with Crippen LogP contribution in [0.3, 0.4) is 0 Å². The van der Waals surface area contributed by atoms with Crippen LogP contribution in [0.5, 0.6) is 0 Å². The molecule has 0 radical (unpaired) electrons. The monoisotopic (exact) mass is 675 g/mol. The summed E-state index contributed by atoms with van der Waals surface area (Å²) in [7, 11) is 3.37. The zero-order chi connectivity index (χ0) is 34.7. The van der Waals surface area contributed by atoms with Crippen molar-refractivity contribution in [3.05, 3.63) is 84.1 Å². The average molecular weight is 676 g/mol. The van der Waals surface area contributed by atoms with Gasteiger partial charge in [0.1, 0.15) is 41.1 Å². The van der Waals surface area contributed by atoms with Gasteiger partial charge in [0.05, 0.1) is 41.0 Å². The lowest BCUT2D eigenvalue weighted by Crippen LogP contribution is -2.47. The minimum atomic E-state index is -0.849. The number of carbonyl (C=O) groups excluding carboxylic acids is 1. The number of rotatable bonds is 3. The summed E-state index contributed by atoms with van der Waals surface area (Å²) in [5, 5.41) is 18.2. The van der Waals surface area contributed by atoms with Gasteiger partial charge in [-0.05, 0) is 43.7 Å². The van der Waals surface area contributed by atoms with Crippen molar-refractivity contribution < 1.29 is 18.3 Å². The summed E-state index contributed by atoms with van der Waals surface area (Å²) >= 11 is 0. The second-order valence-electron chi connectivity index (χ2n) is 12.5. The van der Waals surface area contributed by atoms with Crippen molar-refractivity contribution in [2.24, 2.45) is 0 Å². The number of aryl methyl sites for hydroxylation is 1. The third-order valence-electron chi connectivity index (χ3n) is 9.41. The highest BCUT2D eigenvalue weighted by Crippen LogP contribution is 2.35. The predicted octanol–water partition coefficient (Wildman–Crippen LogP) is 4.23. The number of fused-ring (bicyclic) bond motifs is 6. The number of nitriles is 1. The quantitative estimate of drug-likeness (QED) is 0.290. The molecule has 2 aliphatic rings. The summed E-state index contributed by atoms with van der Waals surface area (Å²) in [6.45, 7) is 3.00. The number of aromatic nitrogens is 7. The van der Waals surface area contributed by atoms with E-state index in [1.54, 1.807) is 19.1 Å². The van der Waals surface area contributed by atoms with Crippen molar-refractivity contribution in [2.75, 3.05) is 37.5 Å². The second-order valence-corrected chi connectivity index (χ2v) is 12.5. The highest BCUT2D eigenvalue weighted by atomic mass is 19.1. The smallest absolute Gasteiger partial charge is 0.245 e. The number of pyridine rings is 1. The van der Waals surface area contributed by atoms with Crippen LogP contribution in [0.2, 0.25) is 0 Å². The maximum absolute atomic E-state index is 14.9. The van der Waals surface area contributed by atoms with Gasteiger partial charge in [-0.15, -0.1) is 0 Å². The molecule has 1 unspecified atom stereocenters. The Labute approximate surface area is 284 Å². The Kier molecular flexibility index (Phi) is 7.60. The van der Waals surface area contributed by atoms with Gasteiger partial charge in [-0.3, -0.25) is 4.79 Å². The van der Waals surface area contributed by atoms with Crippen LogP contribution >= 0.6 is 0 Å². The van der Waals surface area contributed by atoms with Crippen LogP contribution in [0.1, 0.15) is 18.1 Å². The number of carbonyl (C=O) groups is 1. The molecule has 13 nitrogen and oxygen atoms in total. The summed E-state index contributed by atoms with van der Waals surface area (Å²) in [6.07, 6.45) is 1.48. The number of halogens is 2. The van der Waals surface area contributed by atoms with Gasteiger partial charge >= 0.3 is 0 Å². The summed E-state index contributed by atoms with van der Waals surface area (Å²) in [5.41, 5.74) is 3.57. The van der Waals surface area contributed by atoms with Crippen molar-refractivity contribution in [1.29, 1.82) is 5.26 Å². The molecule has 4 bridgehead atoms. The fraction of sp³-hybridized carbons (Fsp3) is 0.286. The number of nitrogens with one attached hydrogen (secondary N) is 1. The highest BCUT2D eigenvalue weighted by Gasteiger charge is 2.41. The molecule has 2 aromatic carbocycles. The molecule has 6 aromatic rings. The largest absolute Gasteiger partial charge is 0.378 e.